The first-order valence-electron chi connectivity index (χ1n) is 7.89. The van der Waals surface area contributed by atoms with Crippen LogP contribution in [0.2, 0.25) is 0 Å². The maximum Gasteiger partial charge on any atom is 0.329 e. The van der Waals surface area contributed by atoms with Gasteiger partial charge in [0.2, 0.25) is 5.91 Å². The van der Waals surface area contributed by atoms with Gasteiger partial charge in [-0.2, -0.15) is 5.10 Å². The van der Waals surface area contributed by atoms with Crippen molar-refractivity contribution in [2.45, 2.75) is 64.3 Å². The van der Waals surface area contributed by atoms with Crippen LogP contribution in [0.25, 0.3) is 0 Å². The minimum absolute atomic E-state index is 0.181. The molecule has 0 radical (unpaired) electrons. The molecule has 0 saturated heterocycles. The Morgan fingerprint density at radius 1 is 1.23 bits per heavy atom. The van der Waals surface area contributed by atoms with Gasteiger partial charge >= 0.3 is 5.97 Å². The molecule has 6 heteroatoms. The summed E-state index contributed by atoms with van der Waals surface area (Å²) in [6.07, 6.45) is 4.96. The molecule has 1 aromatic heterocycles. The van der Waals surface area contributed by atoms with Gasteiger partial charge in [0.15, 0.2) is 0 Å². The number of carbonyl (C=O) groups is 2. The second-order valence-corrected chi connectivity index (χ2v) is 6.30. The Labute approximate surface area is 130 Å². The number of rotatable bonds is 4. The van der Waals surface area contributed by atoms with Crippen LogP contribution in [0.4, 0.5) is 0 Å². The number of carboxylic acids is 1. The van der Waals surface area contributed by atoms with E-state index >= 15 is 0 Å². The molecule has 6 nitrogen and oxygen atoms in total. The minimum Gasteiger partial charge on any atom is -0.480 e. The average molecular weight is 307 g/mol. The maximum atomic E-state index is 12.4. The van der Waals surface area contributed by atoms with Gasteiger partial charge in [0.05, 0.1) is 12.1 Å². The molecule has 22 heavy (non-hydrogen) atoms. The van der Waals surface area contributed by atoms with Gasteiger partial charge in [-0.3, -0.25) is 9.48 Å². The normalized spacial score (nSPS) is 17.8. The monoisotopic (exact) mass is 307 g/mol. The summed E-state index contributed by atoms with van der Waals surface area (Å²) in [7, 11) is 1.84. The van der Waals surface area contributed by atoms with Crippen molar-refractivity contribution in [3.05, 3.63) is 17.0 Å². The van der Waals surface area contributed by atoms with Crippen LogP contribution in [-0.4, -0.2) is 32.3 Å². The van der Waals surface area contributed by atoms with Crippen molar-refractivity contribution >= 4 is 11.9 Å². The highest BCUT2D eigenvalue weighted by molar-refractivity contribution is 5.88. The Balaban J connectivity index is 2.13. The van der Waals surface area contributed by atoms with E-state index in [1.165, 1.54) is 0 Å². The van der Waals surface area contributed by atoms with Gasteiger partial charge in [-0.05, 0) is 26.7 Å². The van der Waals surface area contributed by atoms with Gasteiger partial charge in [-0.15, -0.1) is 0 Å². The lowest BCUT2D eigenvalue weighted by atomic mass is 9.90. The van der Waals surface area contributed by atoms with Gasteiger partial charge in [-0.1, -0.05) is 25.7 Å². The second kappa shape index (κ2) is 6.50. The first-order chi connectivity index (χ1) is 10.4. The fourth-order valence-corrected chi connectivity index (χ4v) is 3.27. The Kier molecular flexibility index (Phi) is 4.88. The van der Waals surface area contributed by atoms with Crippen molar-refractivity contribution in [3.8, 4) is 0 Å². The van der Waals surface area contributed by atoms with E-state index in [0.29, 0.717) is 12.8 Å². The zero-order chi connectivity index (χ0) is 16.3. The van der Waals surface area contributed by atoms with Crippen LogP contribution in [0, 0.1) is 13.8 Å². The molecule has 0 unspecified atom stereocenters. The van der Waals surface area contributed by atoms with Gasteiger partial charge in [0.1, 0.15) is 5.54 Å². The second-order valence-electron chi connectivity index (χ2n) is 6.30. The van der Waals surface area contributed by atoms with E-state index in [2.05, 4.69) is 10.4 Å². The number of amides is 1. The summed E-state index contributed by atoms with van der Waals surface area (Å²) in [5, 5.41) is 16.7. The average Bonchev–Trinajstić information content (AvgIpc) is 2.64. The molecule has 1 amide bonds. The number of aliphatic carboxylic acids is 1. The predicted molar refractivity (Wildman–Crippen MR) is 82.6 cm³/mol. The highest BCUT2D eigenvalue weighted by Crippen LogP contribution is 2.27. The summed E-state index contributed by atoms with van der Waals surface area (Å²) < 4.78 is 1.75. The van der Waals surface area contributed by atoms with Crippen LogP contribution in [-0.2, 0) is 23.1 Å². The standard InChI is InChI=1S/C16H25N3O3/c1-11-13(12(2)19(3)18-11)10-14(20)17-16(15(21)22)8-6-4-5-7-9-16/h4-10H2,1-3H3,(H,17,20)(H,21,22). The molecule has 1 fully saturated rings. The largest absolute Gasteiger partial charge is 0.480 e. The number of nitrogens with one attached hydrogen (secondary N) is 1. The smallest absolute Gasteiger partial charge is 0.329 e. The lowest BCUT2D eigenvalue weighted by Crippen LogP contribution is -2.54. The Morgan fingerprint density at radius 2 is 1.82 bits per heavy atom. The summed E-state index contributed by atoms with van der Waals surface area (Å²) in [6.45, 7) is 3.79. The third-order valence-corrected chi connectivity index (χ3v) is 4.74. The third-order valence-electron chi connectivity index (χ3n) is 4.74. The van der Waals surface area contributed by atoms with Crippen molar-refractivity contribution in [2.24, 2.45) is 7.05 Å². The van der Waals surface area contributed by atoms with E-state index < -0.39 is 11.5 Å². The van der Waals surface area contributed by atoms with Gasteiger partial charge < -0.3 is 10.4 Å². The molecule has 0 bridgehead atoms. The van der Waals surface area contributed by atoms with Crippen LogP contribution in [0.1, 0.15) is 55.5 Å². The lowest BCUT2D eigenvalue weighted by Gasteiger charge is -2.29. The van der Waals surface area contributed by atoms with E-state index in [9.17, 15) is 14.7 Å². The summed E-state index contributed by atoms with van der Waals surface area (Å²) in [4.78, 5) is 24.1. The highest BCUT2D eigenvalue weighted by atomic mass is 16.4. The van der Waals surface area contributed by atoms with E-state index in [1.54, 1.807) is 4.68 Å². The summed E-state index contributed by atoms with van der Waals surface area (Å²) >= 11 is 0. The number of aryl methyl sites for hydroxylation is 2. The van der Waals surface area contributed by atoms with Crippen molar-refractivity contribution in [1.29, 1.82) is 0 Å². The fourth-order valence-electron chi connectivity index (χ4n) is 3.27. The Bertz CT molecular complexity index is 569. The maximum absolute atomic E-state index is 12.4. The van der Waals surface area contributed by atoms with Gasteiger partial charge in [0.25, 0.3) is 0 Å². The quantitative estimate of drug-likeness (QED) is 0.832. The predicted octanol–water partition coefficient (Wildman–Crippen LogP) is 1.87. The number of hydrogen-bond donors (Lipinski definition) is 2. The Hall–Kier alpha value is -1.85. The van der Waals surface area contributed by atoms with Gasteiger partial charge in [0, 0.05) is 18.3 Å². The SMILES string of the molecule is Cc1nn(C)c(C)c1CC(=O)NC1(C(=O)O)CCCCCC1. The molecule has 0 atom stereocenters. The van der Waals surface area contributed by atoms with Crippen LogP contribution >= 0.6 is 0 Å². The van der Waals surface area contributed by atoms with Crippen molar-refractivity contribution in [3.63, 3.8) is 0 Å². The zero-order valence-corrected chi connectivity index (χ0v) is 13.6. The van der Waals surface area contributed by atoms with Crippen LogP contribution < -0.4 is 5.32 Å². The summed E-state index contributed by atoms with van der Waals surface area (Å²) in [5.74, 6) is -1.15. The van der Waals surface area contributed by atoms with Crippen molar-refractivity contribution in [2.75, 3.05) is 0 Å². The summed E-state index contributed by atoms with van der Waals surface area (Å²) in [6, 6.07) is 0. The van der Waals surface area contributed by atoms with Crippen LogP contribution in [0.5, 0.6) is 0 Å². The molecule has 0 aromatic carbocycles. The zero-order valence-electron chi connectivity index (χ0n) is 13.6. The van der Waals surface area contributed by atoms with Crippen LogP contribution in [0.3, 0.4) is 0 Å². The first-order valence-corrected chi connectivity index (χ1v) is 7.89. The molecule has 1 aromatic rings. The van der Waals surface area contributed by atoms with Crippen molar-refractivity contribution < 1.29 is 14.7 Å². The highest BCUT2D eigenvalue weighted by Gasteiger charge is 2.40. The number of aromatic nitrogens is 2. The van der Waals surface area contributed by atoms with Crippen molar-refractivity contribution in [1.82, 2.24) is 15.1 Å². The van der Waals surface area contributed by atoms with E-state index in [-0.39, 0.29) is 12.3 Å². The first kappa shape index (κ1) is 16.5. The third kappa shape index (κ3) is 3.31. The molecule has 0 aliphatic heterocycles. The molecule has 122 valence electrons. The Morgan fingerprint density at radius 3 is 2.27 bits per heavy atom. The van der Waals surface area contributed by atoms with Crippen LogP contribution in [0.15, 0.2) is 0 Å². The molecule has 1 aliphatic carbocycles. The fraction of sp³-hybridized carbons (Fsp3) is 0.688. The molecular weight excluding hydrogens is 282 g/mol. The number of hydrogen-bond acceptors (Lipinski definition) is 3. The van der Waals surface area contributed by atoms with E-state index in [1.807, 2.05) is 20.9 Å². The molecule has 1 heterocycles. The van der Waals surface area contributed by atoms with E-state index in [4.69, 9.17) is 0 Å². The van der Waals surface area contributed by atoms with Gasteiger partial charge in [-0.25, -0.2) is 4.79 Å². The molecular formula is C16H25N3O3. The lowest BCUT2D eigenvalue weighted by molar-refractivity contribution is -0.148. The molecule has 1 aliphatic rings. The number of nitrogens with zero attached hydrogens (tertiary/aromatic N) is 2. The number of carbonyl (C=O) groups excluding carboxylic acids is 1. The molecule has 2 N–H and O–H groups in total. The minimum atomic E-state index is -1.10. The molecule has 2 rings (SSSR count). The number of carboxylic acid groups (broad SMARTS) is 1. The molecule has 0 spiro atoms. The van der Waals surface area contributed by atoms with E-state index in [0.717, 1.165) is 42.6 Å². The topological polar surface area (TPSA) is 84.2 Å². The summed E-state index contributed by atoms with van der Waals surface area (Å²) in [5.41, 5.74) is 1.55. The molecule has 1 saturated carbocycles.